The number of fused-ring (bicyclic) bond motifs is 1. The lowest BCUT2D eigenvalue weighted by molar-refractivity contribution is -0.112. The van der Waals surface area contributed by atoms with Crippen LogP contribution in [0.25, 0.3) is 0 Å². The number of carbonyl (C=O) groups excluding carboxylic acids is 2. The van der Waals surface area contributed by atoms with Gasteiger partial charge in [0.1, 0.15) is 17.9 Å². The first-order valence-electron chi connectivity index (χ1n) is 6.80. The van der Waals surface area contributed by atoms with Crippen LogP contribution in [0.15, 0.2) is 0 Å². The van der Waals surface area contributed by atoms with Crippen molar-refractivity contribution in [3.63, 3.8) is 0 Å². The third-order valence-corrected chi connectivity index (χ3v) is 3.35. The molecule has 0 saturated carbocycles. The second-order valence-corrected chi connectivity index (χ2v) is 6.09. The quantitative estimate of drug-likeness (QED) is 0.859. The van der Waals surface area contributed by atoms with Crippen LogP contribution in [0.5, 0.6) is 0 Å². The van der Waals surface area contributed by atoms with Crippen LogP contribution in [-0.2, 0) is 22.4 Å². The zero-order chi connectivity index (χ0) is 14.9. The molecule has 0 aliphatic heterocycles. The molecule has 1 N–H and O–H groups in total. The predicted molar refractivity (Wildman–Crippen MR) is 73.4 cm³/mol. The van der Waals surface area contributed by atoms with Gasteiger partial charge in [-0.3, -0.25) is 10.00 Å². The van der Waals surface area contributed by atoms with Crippen LogP contribution >= 0.6 is 0 Å². The highest BCUT2D eigenvalue weighted by Gasteiger charge is 2.31. The summed E-state index contributed by atoms with van der Waals surface area (Å²) >= 11 is 0. The number of nitrogens with one attached hydrogen (secondary N) is 1. The Kier molecular flexibility index (Phi) is 3.83. The van der Waals surface area contributed by atoms with Gasteiger partial charge >= 0.3 is 6.09 Å². The summed E-state index contributed by atoms with van der Waals surface area (Å²) in [5.74, 6) is 0. The van der Waals surface area contributed by atoms with Crippen molar-refractivity contribution in [1.29, 1.82) is 0 Å². The Hall–Kier alpha value is -1.85. The smallest absolute Gasteiger partial charge is 0.410 e. The normalized spacial score (nSPS) is 15.6. The summed E-state index contributed by atoms with van der Waals surface area (Å²) in [6.07, 6.45) is 3.11. The summed E-state index contributed by atoms with van der Waals surface area (Å²) in [7, 11) is 1.56. The molecule has 1 aromatic rings. The number of nitrogens with zero attached hydrogens (tertiary/aromatic N) is 2. The van der Waals surface area contributed by atoms with E-state index in [9.17, 15) is 9.59 Å². The first-order valence-corrected chi connectivity index (χ1v) is 6.80. The fourth-order valence-electron chi connectivity index (χ4n) is 2.38. The molecule has 1 aliphatic carbocycles. The Morgan fingerprint density at radius 2 is 2.15 bits per heavy atom. The zero-order valence-electron chi connectivity index (χ0n) is 12.4. The van der Waals surface area contributed by atoms with E-state index in [-0.39, 0.29) is 0 Å². The zero-order valence-corrected chi connectivity index (χ0v) is 12.4. The first-order chi connectivity index (χ1) is 9.33. The number of likely N-dealkylation sites (N-methyl/N-ethyl adjacent to an activating group) is 1. The summed E-state index contributed by atoms with van der Waals surface area (Å²) in [5.41, 5.74) is 2.19. The van der Waals surface area contributed by atoms with Crippen LogP contribution in [0.2, 0.25) is 0 Å². The molecule has 0 fully saturated rings. The van der Waals surface area contributed by atoms with Gasteiger partial charge in [-0.15, -0.1) is 0 Å². The minimum Gasteiger partial charge on any atom is -0.444 e. The van der Waals surface area contributed by atoms with Gasteiger partial charge in [0.2, 0.25) is 0 Å². The van der Waals surface area contributed by atoms with Crippen molar-refractivity contribution in [1.82, 2.24) is 15.1 Å². The van der Waals surface area contributed by atoms with Crippen molar-refractivity contribution in [3.05, 3.63) is 17.0 Å². The largest absolute Gasteiger partial charge is 0.444 e. The van der Waals surface area contributed by atoms with Crippen LogP contribution in [0.3, 0.4) is 0 Å². The molecule has 1 unspecified atom stereocenters. The van der Waals surface area contributed by atoms with Crippen molar-refractivity contribution < 1.29 is 14.3 Å². The maximum absolute atomic E-state index is 12.1. The Balaban J connectivity index is 2.19. The van der Waals surface area contributed by atoms with Gasteiger partial charge in [-0.05, 0) is 45.6 Å². The van der Waals surface area contributed by atoms with Crippen molar-refractivity contribution in [3.8, 4) is 0 Å². The Bertz CT molecular complexity index is 516. The third kappa shape index (κ3) is 2.84. The molecule has 0 aromatic carbocycles. The highest BCUT2D eigenvalue weighted by atomic mass is 16.6. The number of H-pyrrole nitrogens is 1. The van der Waals surface area contributed by atoms with Crippen molar-refractivity contribution >= 4 is 12.4 Å². The number of aromatic nitrogens is 2. The number of carbonyl (C=O) groups is 2. The molecule has 0 saturated heterocycles. The third-order valence-electron chi connectivity index (χ3n) is 3.35. The van der Waals surface area contributed by atoms with E-state index in [1.807, 2.05) is 0 Å². The number of aromatic amines is 1. The van der Waals surface area contributed by atoms with E-state index >= 15 is 0 Å². The van der Waals surface area contributed by atoms with Gasteiger partial charge < -0.3 is 9.53 Å². The number of ether oxygens (including phenoxy) is 1. The number of amides is 1. The topological polar surface area (TPSA) is 75.3 Å². The molecule has 1 aliphatic rings. The monoisotopic (exact) mass is 279 g/mol. The second kappa shape index (κ2) is 5.26. The van der Waals surface area contributed by atoms with Gasteiger partial charge in [-0.25, -0.2) is 4.79 Å². The number of hydrogen-bond acceptors (Lipinski definition) is 4. The second-order valence-electron chi connectivity index (χ2n) is 6.09. The molecular weight excluding hydrogens is 258 g/mol. The van der Waals surface area contributed by atoms with E-state index in [0.717, 1.165) is 36.8 Å². The lowest BCUT2D eigenvalue weighted by Gasteiger charge is -2.27. The van der Waals surface area contributed by atoms with E-state index in [1.165, 1.54) is 4.90 Å². The minimum absolute atomic E-state index is 0.524. The lowest BCUT2D eigenvalue weighted by Crippen LogP contribution is -2.37. The van der Waals surface area contributed by atoms with E-state index < -0.39 is 17.7 Å². The molecule has 1 aromatic heterocycles. The van der Waals surface area contributed by atoms with Crippen LogP contribution in [-0.4, -0.2) is 40.1 Å². The Labute approximate surface area is 118 Å². The highest BCUT2D eigenvalue weighted by molar-refractivity contribution is 5.74. The van der Waals surface area contributed by atoms with Gasteiger partial charge in [0.15, 0.2) is 0 Å². The summed E-state index contributed by atoms with van der Waals surface area (Å²) in [6, 6.07) is -0.706. The number of aldehydes is 1. The van der Waals surface area contributed by atoms with Gasteiger partial charge in [0, 0.05) is 12.7 Å². The molecule has 110 valence electrons. The lowest BCUT2D eigenvalue weighted by atomic mass is 10.1. The van der Waals surface area contributed by atoms with Crippen LogP contribution in [0.4, 0.5) is 4.79 Å². The molecule has 0 spiro atoms. The number of aryl methyl sites for hydroxylation is 1. The minimum atomic E-state index is -0.706. The summed E-state index contributed by atoms with van der Waals surface area (Å²) in [4.78, 5) is 24.8. The molecule has 0 bridgehead atoms. The summed E-state index contributed by atoms with van der Waals surface area (Å²) in [6.45, 7) is 5.38. The van der Waals surface area contributed by atoms with E-state index in [0.29, 0.717) is 5.69 Å². The Morgan fingerprint density at radius 3 is 2.75 bits per heavy atom. The first kappa shape index (κ1) is 14.6. The van der Waals surface area contributed by atoms with E-state index in [1.54, 1.807) is 27.8 Å². The van der Waals surface area contributed by atoms with Crippen LogP contribution < -0.4 is 0 Å². The predicted octanol–water partition coefficient (Wildman–Crippen LogP) is 2.01. The SMILES string of the molecule is CN(C(=O)OC(C)(C)C)C(C=O)c1n[nH]c2c1CCC2. The molecule has 1 heterocycles. The average molecular weight is 279 g/mol. The average Bonchev–Trinajstić information content (AvgIpc) is 2.91. The molecule has 1 amide bonds. The fraction of sp³-hybridized carbons (Fsp3) is 0.643. The molecule has 2 rings (SSSR count). The standard InChI is InChI=1S/C14H21N3O3/c1-14(2,3)20-13(19)17(4)11(8-18)12-9-6-5-7-10(9)15-16-12/h8,11H,5-7H2,1-4H3,(H,15,16). The maximum atomic E-state index is 12.1. The van der Waals surface area contributed by atoms with Crippen molar-refractivity contribution in [2.45, 2.75) is 51.7 Å². The van der Waals surface area contributed by atoms with Gasteiger partial charge in [0.05, 0.1) is 5.69 Å². The van der Waals surface area contributed by atoms with E-state index in [4.69, 9.17) is 4.74 Å². The summed E-state index contributed by atoms with van der Waals surface area (Å²) in [5, 5.41) is 7.16. The van der Waals surface area contributed by atoms with Crippen molar-refractivity contribution in [2.75, 3.05) is 7.05 Å². The molecule has 6 nitrogen and oxygen atoms in total. The molecule has 20 heavy (non-hydrogen) atoms. The van der Waals surface area contributed by atoms with Gasteiger partial charge in [-0.2, -0.15) is 5.10 Å². The summed E-state index contributed by atoms with van der Waals surface area (Å²) < 4.78 is 5.29. The van der Waals surface area contributed by atoms with Gasteiger partial charge in [-0.1, -0.05) is 0 Å². The highest BCUT2D eigenvalue weighted by Crippen LogP contribution is 2.29. The Morgan fingerprint density at radius 1 is 1.45 bits per heavy atom. The maximum Gasteiger partial charge on any atom is 0.410 e. The fourth-order valence-corrected chi connectivity index (χ4v) is 2.38. The van der Waals surface area contributed by atoms with Crippen LogP contribution in [0.1, 0.15) is 50.2 Å². The molecule has 0 radical (unpaired) electrons. The van der Waals surface area contributed by atoms with Crippen LogP contribution in [0, 0.1) is 0 Å². The van der Waals surface area contributed by atoms with Gasteiger partial charge in [0.25, 0.3) is 0 Å². The molecular formula is C14H21N3O3. The molecule has 1 atom stereocenters. The van der Waals surface area contributed by atoms with E-state index in [2.05, 4.69) is 10.2 Å². The number of rotatable bonds is 3. The van der Waals surface area contributed by atoms with Crippen molar-refractivity contribution in [2.24, 2.45) is 0 Å². The molecule has 6 heteroatoms. The number of hydrogen-bond donors (Lipinski definition) is 1.